The minimum atomic E-state index is -3.78. The van der Waals surface area contributed by atoms with Crippen molar-refractivity contribution >= 4 is 5.91 Å². The molecule has 8 heteroatoms. The van der Waals surface area contributed by atoms with Gasteiger partial charge in [-0.3, -0.25) is 4.79 Å². The third-order valence-electron chi connectivity index (χ3n) is 3.49. The van der Waals surface area contributed by atoms with Gasteiger partial charge in [-0.2, -0.15) is 13.8 Å². The number of nitrogens with zero attached hydrogens (tertiary/aromatic N) is 2. The standard InChI is InChI=1S/C12H17F2N3O3/c1-8-16-9(20-17-8)4-7-15-10(18)12(13,14)11(19)5-2-3-6-11/h19H,2-7H2,1H3,(H,15,18). The van der Waals surface area contributed by atoms with Gasteiger partial charge in [0.1, 0.15) is 5.60 Å². The molecular weight excluding hydrogens is 272 g/mol. The molecular formula is C12H17F2N3O3. The van der Waals surface area contributed by atoms with Crippen molar-refractivity contribution in [3.05, 3.63) is 11.7 Å². The molecule has 1 amide bonds. The molecule has 1 heterocycles. The molecule has 0 radical (unpaired) electrons. The molecule has 0 atom stereocenters. The lowest BCUT2D eigenvalue weighted by Crippen LogP contribution is -2.56. The Kier molecular flexibility index (Phi) is 4.03. The van der Waals surface area contributed by atoms with E-state index in [0.29, 0.717) is 18.7 Å². The SMILES string of the molecule is Cc1noc(CCNC(=O)C(F)(F)C2(O)CCCC2)n1. The number of alkyl halides is 2. The van der Waals surface area contributed by atoms with Crippen molar-refractivity contribution in [3.8, 4) is 0 Å². The summed E-state index contributed by atoms with van der Waals surface area (Å²) in [5.41, 5.74) is -2.22. The highest BCUT2D eigenvalue weighted by Gasteiger charge is 2.58. The Morgan fingerprint density at radius 1 is 1.50 bits per heavy atom. The molecule has 1 aromatic heterocycles. The summed E-state index contributed by atoms with van der Waals surface area (Å²) < 4.78 is 32.6. The fraction of sp³-hybridized carbons (Fsp3) is 0.750. The Balaban J connectivity index is 1.87. The summed E-state index contributed by atoms with van der Waals surface area (Å²) in [4.78, 5) is 15.5. The number of aromatic nitrogens is 2. The summed E-state index contributed by atoms with van der Waals surface area (Å²) in [7, 11) is 0. The molecule has 112 valence electrons. The first-order chi connectivity index (χ1) is 9.35. The average molecular weight is 289 g/mol. The van der Waals surface area contributed by atoms with Crippen LogP contribution in [0, 0.1) is 6.92 Å². The van der Waals surface area contributed by atoms with Crippen LogP contribution in [0.1, 0.15) is 37.4 Å². The topological polar surface area (TPSA) is 88.2 Å². The summed E-state index contributed by atoms with van der Waals surface area (Å²) in [6.45, 7) is 1.58. The summed E-state index contributed by atoms with van der Waals surface area (Å²) in [6, 6.07) is 0. The van der Waals surface area contributed by atoms with Crippen LogP contribution in [0.25, 0.3) is 0 Å². The van der Waals surface area contributed by atoms with Gasteiger partial charge in [-0.1, -0.05) is 18.0 Å². The van der Waals surface area contributed by atoms with Crippen molar-refractivity contribution in [1.82, 2.24) is 15.5 Å². The third-order valence-corrected chi connectivity index (χ3v) is 3.49. The van der Waals surface area contributed by atoms with E-state index in [1.165, 1.54) is 0 Å². The lowest BCUT2D eigenvalue weighted by Gasteiger charge is -2.30. The quantitative estimate of drug-likeness (QED) is 0.843. The Bertz CT molecular complexity index is 484. The molecule has 0 saturated heterocycles. The summed E-state index contributed by atoms with van der Waals surface area (Å²) in [5, 5.41) is 15.5. The molecule has 1 aromatic rings. The molecule has 0 spiro atoms. The molecule has 0 unspecified atom stereocenters. The van der Waals surface area contributed by atoms with Gasteiger partial charge in [0.15, 0.2) is 5.82 Å². The fourth-order valence-electron chi connectivity index (χ4n) is 2.32. The minimum absolute atomic E-state index is 0.0495. The molecule has 2 N–H and O–H groups in total. The molecule has 1 aliphatic rings. The van der Waals surface area contributed by atoms with Gasteiger partial charge >= 0.3 is 5.92 Å². The maximum Gasteiger partial charge on any atom is 0.352 e. The van der Waals surface area contributed by atoms with Gasteiger partial charge in [0.2, 0.25) is 5.89 Å². The van der Waals surface area contributed by atoms with Crippen molar-refractivity contribution in [2.45, 2.75) is 50.6 Å². The van der Waals surface area contributed by atoms with Gasteiger partial charge in [-0.25, -0.2) is 0 Å². The van der Waals surface area contributed by atoms with Crippen LogP contribution in [0.2, 0.25) is 0 Å². The van der Waals surface area contributed by atoms with Crippen LogP contribution in [-0.4, -0.2) is 39.2 Å². The Hall–Kier alpha value is -1.57. The van der Waals surface area contributed by atoms with Crippen molar-refractivity contribution in [3.63, 3.8) is 0 Å². The van der Waals surface area contributed by atoms with E-state index in [2.05, 4.69) is 15.5 Å². The van der Waals surface area contributed by atoms with Crippen LogP contribution in [0.15, 0.2) is 4.52 Å². The minimum Gasteiger partial charge on any atom is -0.383 e. The van der Waals surface area contributed by atoms with Gasteiger partial charge < -0.3 is 14.9 Å². The van der Waals surface area contributed by atoms with Crippen LogP contribution in [-0.2, 0) is 11.2 Å². The number of nitrogens with one attached hydrogen (secondary N) is 1. The Morgan fingerprint density at radius 3 is 2.70 bits per heavy atom. The number of hydrogen-bond donors (Lipinski definition) is 2. The van der Waals surface area contributed by atoms with E-state index < -0.39 is 17.4 Å². The molecule has 0 aromatic carbocycles. The van der Waals surface area contributed by atoms with Gasteiger partial charge in [-0.05, 0) is 19.8 Å². The average Bonchev–Trinajstić information content (AvgIpc) is 2.99. The van der Waals surface area contributed by atoms with Crippen LogP contribution >= 0.6 is 0 Å². The molecule has 1 saturated carbocycles. The zero-order chi connectivity index (χ0) is 14.8. The van der Waals surface area contributed by atoms with Crippen molar-refractivity contribution in [2.24, 2.45) is 0 Å². The summed E-state index contributed by atoms with van der Waals surface area (Å²) in [6.07, 6.45) is 1.05. The second kappa shape index (κ2) is 5.43. The number of rotatable bonds is 5. The largest absolute Gasteiger partial charge is 0.383 e. The second-order valence-corrected chi connectivity index (χ2v) is 5.05. The molecule has 1 fully saturated rings. The van der Waals surface area contributed by atoms with Crippen molar-refractivity contribution < 1.29 is 23.2 Å². The zero-order valence-electron chi connectivity index (χ0n) is 11.2. The zero-order valence-corrected chi connectivity index (χ0v) is 11.2. The van der Waals surface area contributed by atoms with Gasteiger partial charge in [0.05, 0.1) is 0 Å². The molecule has 2 rings (SSSR count). The van der Waals surface area contributed by atoms with E-state index in [4.69, 9.17) is 4.52 Å². The molecule has 0 bridgehead atoms. The van der Waals surface area contributed by atoms with E-state index in [1.54, 1.807) is 6.92 Å². The number of hydrogen-bond acceptors (Lipinski definition) is 5. The third kappa shape index (κ3) is 2.79. The molecule has 1 aliphatic carbocycles. The Labute approximate surface area is 114 Å². The summed E-state index contributed by atoms with van der Waals surface area (Å²) >= 11 is 0. The molecule has 20 heavy (non-hydrogen) atoms. The first kappa shape index (κ1) is 14.8. The lowest BCUT2D eigenvalue weighted by molar-refractivity contribution is -0.190. The number of halogens is 2. The summed E-state index contributed by atoms with van der Waals surface area (Å²) in [5.74, 6) is -4.53. The maximum atomic E-state index is 13.9. The normalized spacial score (nSPS) is 18.2. The Morgan fingerprint density at radius 2 is 2.15 bits per heavy atom. The second-order valence-electron chi connectivity index (χ2n) is 5.05. The highest BCUT2D eigenvalue weighted by Crippen LogP contribution is 2.41. The predicted molar refractivity (Wildman–Crippen MR) is 64.1 cm³/mol. The van der Waals surface area contributed by atoms with Gasteiger partial charge in [-0.15, -0.1) is 0 Å². The maximum absolute atomic E-state index is 13.9. The van der Waals surface area contributed by atoms with E-state index >= 15 is 0 Å². The highest BCUT2D eigenvalue weighted by atomic mass is 19.3. The molecule has 0 aliphatic heterocycles. The number of carbonyl (C=O) groups is 1. The van der Waals surface area contributed by atoms with Gasteiger partial charge in [0, 0.05) is 13.0 Å². The van der Waals surface area contributed by atoms with Crippen LogP contribution in [0.5, 0.6) is 0 Å². The molecule has 6 nitrogen and oxygen atoms in total. The van der Waals surface area contributed by atoms with Crippen molar-refractivity contribution in [1.29, 1.82) is 0 Å². The highest BCUT2D eigenvalue weighted by molar-refractivity contribution is 5.84. The van der Waals surface area contributed by atoms with Crippen LogP contribution in [0.3, 0.4) is 0 Å². The van der Waals surface area contributed by atoms with Crippen LogP contribution < -0.4 is 5.32 Å². The first-order valence-corrected chi connectivity index (χ1v) is 6.53. The number of aliphatic hydroxyl groups is 1. The van der Waals surface area contributed by atoms with E-state index in [0.717, 1.165) is 0 Å². The fourth-order valence-corrected chi connectivity index (χ4v) is 2.32. The van der Waals surface area contributed by atoms with E-state index in [1.807, 2.05) is 0 Å². The van der Waals surface area contributed by atoms with E-state index in [9.17, 15) is 18.7 Å². The van der Waals surface area contributed by atoms with E-state index in [-0.39, 0.29) is 31.7 Å². The first-order valence-electron chi connectivity index (χ1n) is 6.53. The number of carbonyl (C=O) groups excluding carboxylic acids is 1. The monoisotopic (exact) mass is 289 g/mol. The number of amides is 1. The number of aryl methyl sites for hydroxylation is 1. The van der Waals surface area contributed by atoms with Gasteiger partial charge in [0.25, 0.3) is 5.91 Å². The predicted octanol–water partition coefficient (Wildman–Crippen LogP) is 0.977. The smallest absolute Gasteiger partial charge is 0.352 e. The van der Waals surface area contributed by atoms with Crippen molar-refractivity contribution in [2.75, 3.05) is 6.54 Å². The van der Waals surface area contributed by atoms with Crippen LogP contribution in [0.4, 0.5) is 8.78 Å². The lowest BCUT2D eigenvalue weighted by atomic mass is 9.93.